The summed E-state index contributed by atoms with van der Waals surface area (Å²) in [6.07, 6.45) is 2.33. The maximum Gasteiger partial charge on any atom is 0.252 e. The number of nitrogens with one attached hydrogen (secondary N) is 1. The molecule has 1 aliphatic rings. The van der Waals surface area contributed by atoms with Crippen molar-refractivity contribution in [1.82, 2.24) is 5.32 Å². The van der Waals surface area contributed by atoms with Crippen LogP contribution in [0.3, 0.4) is 0 Å². The van der Waals surface area contributed by atoms with Crippen molar-refractivity contribution in [3.8, 4) is 0 Å². The number of benzene rings is 1. The molecule has 23 heavy (non-hydrogen) atoms. The van der Waals surface area contributed by atoms with Gasteiger partial charge in [0, 0.05) is 5.56 Å². The molecule has 0 spiro atoms. The van der Waals surface area contributed by atoms with Gasteiger partial charge in [-0.25, -0.2) is 0 Å². The van der Waals surface area contributed by atoms with E-state index in [-0.39, 0.29) is 24.2 Å². The smallest absolute Gasteiger partial charge is 0.252 e. The van der Waals surface area contributed by atoms with Crippen LogP contribution in [0.2, 0.25) is 0 Å². The molecule has 0 saturated heterocycles. The summed E-state index contributed by atoms with van der Waals surface area (Å²) in [6.45, 7) is 6.05. The molecule has 1 aromatic rings. The fourth-order valence-electron chi connectivity index (χ4n) is 3.67. The minimum Gasteiger partial charge on any atom is -0.380 e. The third-order valence-corrected chi connectivity index (χ3v) is 4.95. The van der Waals surface area contributed by atoms with Crippen molar-refractivity contribution < 1.29 is 14.7 Å². The average Bonchev–Trinajstić information content (AvgIpc) is 2.52. The van der Waals surface area contributed by atoms with Gasteiger partial charge in [0.05, 0.1) is 6.54 Å². The molecule has 4 nitrogen and oxygen atoms in total. The van der Waals surface area contributed by atoms with Crippen LogP contribution in [0.5, 0.6) is 0 Å². The lowest BCUT2D eigenvalue weighted by Gasteiger charge is -2.43. The first-order valence-electron chi connectivity index (χ1n) is 8.43. The highest BCUT2D eigenvalue weighted by Gasteiger charge is 2.48. The van der Waals surface area contributed by atoms with Crippen LogP contribution in [-0.2, 0) is 4.79 Å². The number of ketones is 1. The van der Waals surface area contributed by atoms with Gasteiger partial charge in [0.25, 0.3) is 5.91 Å². The van der Waals surface area contributed by atoms with Crippen molar-refractivity contribution in [3.05, 3.63) is 35.9 Å². The number of hydrogen-bond donors (Lipinski definition) is 2. The van der Waals surface area contributed by atoms with Gasteiger partial charge in [0.15, 0.2) is 5.78 Å². The molecule has 1 aliphatic carbocycles. The number of Topliss-reactive ketones (excluding diaryl/α,β-unsaturated/α-hetero) is 1. The van der Waals surface area contributed by atoms with Crippen LogP contribution in [0.1, 0.15) is 50.4 Å². The van der Waals surface area contributed by atoms with Gasteiger partial charge in [0.2, 0.25) is 0 Å². The fraction of sp³-hybridized carbons (Fsp3) is 0.579. The quantitative estimate of drug-likeness (QED) is 0.821. The predicted octanol–water partition coefficient (Wildman–Crippen LogP) is 2.81. The van der Waals surface area contributed by atoms with Gasteiger partial charge in [-0.3, -0.25) is 9.59 Å². The highest BCUT2D eigenvalue weighted by atomic mass is 16.3. The number of carbonyl (C=O) groups is 2. The maximum atomic E-state index is 12.6. The Morgan fingerprint density at radius 2 is 1.91 bits per heavy atom. The molecule has 1 saturated carbocycles. The highest BCUT2D eigenvalue weighted by Crippen LogP contribution is 2.41. The topological polar surface area (TPSA) is 66.4 Å². The zero-order valence-electron chi connectivity index (χ0n) is 14.2. The molecule has 1 aromatic carbocycles. The van der Waals surface area contributed by atoms with E-state index in [2.05, 4.69) is 12.2 Å². The summed E-state index contributed by atoms with van der Waals surface area (Å²) in [5, 5.41) is 13.7. The van der Waals surface area contributed by atoms with E-state index < -0.39 is 11.5 Å². The monoisotopic (exact) mass is 317 g/mol. The van der Waals surface area contributed by atoms with Crippen LogP contribution in [0.4, 0.5) is 0 Å². The van der Waals surface area contributed by atoms with E-state index in [1.807, 2.05) is 19.9 Å². The molecule has 0 aliphatic heterocycles. The normalized spacial score (nSPS) is 27.7. The van der Waals surface area contributed by atoms with Gasteiger partial charge < -0.3 is 10.4 Å². The van der Waals surface area contributed by atoms with Crippen LogP contribution < -0.4 is 5.32 Å². The Hall–Kier alpha value is -1.68. The Bertz CT molecular complexity index is 555. The molecule has 0 bridgehead atoms. The minimum absolute atomic E-state index is 0.0643. The lowest BCUT2D eigenvalue weighted by atomic mass is 9.66. The molecule has 0 heterocycles. The van der Waals surface area contributed by atoms with Crippen molar-refractivity contribution in [2.75, 3.05) is 6.54 Å². The lowest BCUT2D eigenvalue weighted by molar-refractivity contribution is -0.155. The first-order valence-corrected chi connectivity index (χ1v) is 8.43. The van der Waals surface area contributed by atoms with Gasteiger partial charge >= 0.3 is 0 Å². The van der Waals surface area contributed by atoms with Crippen LogP contribution in [0.25, 0.3) is 0 Å². The molecular weight excluding hydrogens is 290 g/mol. The third kappa shape index (κ3) is 3.99. The van der Waals surface area contributed by atoms with Crippen LogP contribution in [0, 0.1) is 17.8 Å². The molecule has 0 radical (unpaired) electrons. The molecule has 3 atom stereocenters. The van der Waals surface area contributed by atoms with Crippen molar-refractivity contribution >= 4 is 11.7 Å². The summed E-state index contributed by atoms with van der Waals surface area (Å²) < 4.78 is 0. The Labute approximate surface area is 138 Å². The summed E-state index contributed by atoms with van der Waals surface area (Å²) in [6, 6.07) is 8.88. The van der Waals surface area contributed by atoms with Gasteiger partial charge in [-0.15, -0.1) is 0 Å². The maximum absolute atomic E-state index is 12.6. The molecule has 0 unspecified atom stereocenters. The van der Waals surface area contributed by atoms with E-state index in [1.54, 1.807) is 24.3 Å². The van der Waals surface area contributed by atoms with Crippen LogP contribution >= 0.6 is 0 Å². The summed E-state index contributed by atoms with van der Waals surface area (Å²) in [5.74, 6) is -0.0845. The second-order valence-corrected chi connectivity index (χ2v) is 7.13. The van der Waals surface area contributed by atoms with Gasteiger partial charge in [-0.05, 0) is 30.6 Å². The zero-order chi connectivity index (χ0) is 17.0. The first kappa shape index (κ1) is 17.7. The molecular formula is C19H27NO3. The van der Waals surface area contributed by atoms with E-state index in [4.69, 9.17) is 0 Å². The highest BCUT2D eigenvalue weighted by molar-refractivity contribution is 6.00. The fourth-order valence-corrected chi connectivity index (χ4v) is 3.67. The summed E-state index contributed by atoms with van der Waals surface area (Å²) in [5.41, 5.74) is -0.805. The van der Waals surface area contributed by atoms with E-state index >= 15 is 0 Å². The third-order valence-electron chi connectivity index (χ3n) is 4.95. The summed E-state index contributed by atoms with van der Waals surface area (Å²) in [4.78, 5) is 24.7. The van der Waals surface area contributed by atoms with Crippen molar-refractivity contribution in [3.63, 3.8) is 0 Å². The summed E-state index contributed by atoms with van der Waals surface area (Å²) >= 11 is 0. The van der Waals surface area contributed by atoms with Gasteiger partial charge in [-0.1, -0.05) is 57.5 Å². The lowest BCUT2D eigenvalue weighted by Crippen LogP contribution is -2.56. The number of aliphatic hydroxyl groups is 1. The average molecular weight is 317 g/mol. The Balaban J connectivity index is 2.04. The molecule has 126 valence electrons. The second kappa shape index (κ2) is 7.26. The molecule has 2 N–H and O–H groups in total. The van der Waals surface area contributed by atoms with E-state index in [9.17, 15) is 14.7 Å². The minimum atomic E-state index is -1.37. The van der Waals surface area contributed by atoms with Crippen molar-refractivity contribution in [2.24, 2.45) is 17.8 Å². The number of amides is 1. The Kier molecular flexibility index (Phi) is 5.58. The number of carbonyl (C=O) groups excluding carboxylic acids is 2. The first-order chi connectivity index (χ1) is 10.8. The molecule has 0 aromatic heterocycles. The SMILES string of the molecule is CC(C)[C@@H]1CC[C@@H](C)C[C@@]1(O)C(=O)NCC(=O)c1ccccc1. The van der Waals surface area contributed by atoms with Crippen LogP contribution in [-0.4, -0.2) is 28.9 Å². The van der Waals surface area contributed by atoms with Gasteiger partial charge in [-0.2, -0.15) is 0 Å². The zero-order valence-corrected chi connectivity index (χ0v) is 14.2. The van der Waals surface area contributed by atoms with Crippen molar-refractivity contribution in [2.45, 2.75) is 45.6 Å². The molecule has 2 rings (SSSR count). The summed E-state index contributed by atoms with van der Waals surface area (Å²) in [7, 11) is 0. The Morgan fingerprint density at radius 1 is 1.26 bits per heavy atom. The second-order valence-electron chi connectivity index (χ2n) is 7.13. The molecule has 1 amide bonds. The van der Waals surface area contributed by atoms with E-state index in [1.165, 1.54) is 0 Å². The largest absolute Gasteiger partial charge is 0.380 e. The molecule has 1 fully saturated rings. The number of hydrogen-bond acceptors (Lipinski definition) is 3. The predicted molar refractivity (Wildman–Crippen MR) is 90.1 cm³/mol. The van der Waals surface area contributed by atoms with Crippen LogP contribution in [0.15, 0.2) is 30.3 Å². The van der Waals surface area contributed by atoms with E-state index in [0.29, 0.717) is 17.9 Å². The number of rotatable bonds is 5. The standard InChI is InChI=1S/C19H27NO3/c1-13(2)16-10-9-14(3)11-19(16,23)18(22)20-12-17(21)15-7-5-4-6-8-15/h4-8,13-14,16,23H,9-12H2,1-3H3,(H,20,22)/t14-,16+,19+/m1/s1. The Morgan fingerprint density at radius 3 is 2.52 bits per heavy atom. The van der Waals surface area contributed by atoms with Crippen molar-refractivity contribution in [1.29, 1.82) is 0 Å². The molecule has 4 heteroatoms. The van der Waals surface area contributed by atoms with E-state index in [0.717, 1.165) is 12.8 Å². The van der Waals surface area contributed by atoms with Gasteiger partial charge in [0.1, 0.15) is 5.60 Å².